The van der Waals surface area contributed by atoms with E-state index >= 15 is 0 Å². The zero-order valence-electron chi connectivity index (χ0n) is 15.0. The molecule has 0 unspecified atom stereocenters. The van der Waals surface area contributed by atoms with E-state index in [-0.39, 0.29) is 29.7 Å². The molecule has 2 saturated heterocycles. The Hall–Kier alpha value is -1.63. The molecule has 138 valence electrons. The fourth-order valence-electron chi connectivity index (χ4n) is 4.52. The molecular weight excluding hydrogens is 320 g/mol. The Morgan fingerprint density at radius 1 is 1.12 bits per heavy atom. The zero-order chi connectivity index (χ0) is 17.6. The molecule has 2 heterocycles. The summed E-state index contributed by atoms with van der Waals surface area (Å²) in [5, 5.41) is 3.00. The first kappa shape index (κ1) is 16.8. The van der Waals surface area contributed by atoms with Crippen LogP contribution in [0.1, 0.15) is 45.4 Å². The predicted octanol–water partition coefficient (Wildman–Crippen LogP) is 0.999. The van der Waals surface area contributed by atoms with Gasteiger partial charge in [-0.25, -0.2) is 9.69 Å². The second-order valence-corrected chi connectivity index (χ2v) is 8.14. The number of amides is 4. The predicted molar refractivity (Wildman–Crippen MR) is 91.5 cm³/mol. The van der Waals surface area contributed by atoms with Crippen LogP contribution in [0.15, 0.2) is 0 Å². The molecule has 4 fully saturated rings. The van der Waals surface area contributed by atoms with Gasteiger partial charge in [0.25, 0.3) is 5.91 Å². The van der Waals surface area contributed by atoms with Crippen molar-refractivity contribution in [1.82, 2.24) is 20.0 Å². The number of nitrogens with zero attached hydrogens (tertiary/aromatic N) is 3. The average molecular weight is 348 g/mol. The van der Waals surface area contributed by atoms with E-state index in [9.17, 15) is 14.4 Å². The van der Waals surface area contributed by atoms with Gasteiger partial charge in [0.1, 0.15) is 5.54 Å². The minimum atomic E-state index is -0.681. The van der Waals surface area contributed by atoms with E-state index in [0.717, 1.165) is 51.6 Å². The molecule has 1 N–H and O–H groups in total. The topological polar surface area (TPSA) is 73.0 Å². The normalized spacial score (nSPS) is 33.9. The Balaban J connectivity index is 1.36. The first-order chi connectivity index (χ1) is 12.0. The van der Waals surface area contributed by atoms with E-state index in [1.807, 2.05) is 4.90 Å². The van der Waals surface area contributed by atoms with Crippen LogP contribution >= 0.6 is 0 Å². The molecule has 2 aliphatic heterocycles. The largest absolute Gasteiger partial charge is 0.340 e. The van der Waals surface area contributed by atoms with Gasteiger partial charge in [0, 0.05) is 32.1 Å². The number of urea groups is 1. The van der Waals surface area contributed by atoms with E-state index in [0.29, 0.717) is 19.8 Å². The number of hydrogen-bond acceptors (Lipinski definition) is 4. The van der Waals surface area contributed by atoms with Crippen molar-refractivity contribution in [1.29, 1.82) is 0 Å². The molecule has 0 radical (unpaired) electrons. The third-order valence-electron chi connectivity index (χ3n) is 6.45. The lowest BCUT2D eigenvalue weighted by molar-refractivity contribution is -0.138. The van der Waals surface area contributed by atoms with Gasteiger partial charge < -0.3 is 10.2 Å². The SMILES string of the molecule is C[C@H]1CCCC[C@@]12NC(=O)N(CN1CCN(C(=O)C3CC3)CC1)C2=O. The summed E-state index contributed by atoms with van der Waals surface area (Å²) in [7, 11) is 0. The highest BCUT2D eigenvalue weighted by Crippen LogP contribution is 2.38. The quantitative estimate of drug-likeness (QED) is 0.772. The average Bonchev–Trinajstić information content (AvgIpc) is 3.43. The van der Waals surface area contributed by atoms with Crippen LogP contribution in [-0.4, -0.2) is 70.9 Å². The molecule has 25 heavy (non-hydrogen) atoms. The highest BCUT2D eigenvalue weighted by atomic mass is 16.2. The van der Waals surface area contributed by atoms with Crippen LogP contribution in [0.2, 0.25) is 0 Å². The standard InChI is InChI=1S/C18H28N4O3/c1-13-4-2-3-7-18(13)16(24)22(17(25)19-18)12-20-8-10-21(11-9-20)15(23)14-5-6-14/h13-14H,2-12H2,1H3,(H,19,25)/t13-,18+/m0/s1. The summed E-state index contributed by atoms with van der Waals surface area (Å²) in [4.78, 5) is 43.0. The van der Waals surface area contributed by atoms with Gasteiger partial charge in [0.15, 0.2) is 0 Å². The van der Waals surface area contributed by atoms with Gasteiger partial charge in [-0.05, 0) is 31.6 Å². The Kier molecular flexibility index (Phi) is 4.22. The number of hydrogen-bond donors (Lipinski definition) is 1. The second-order valence-electron chi connectivity index (χ2n) is 8.14. The van der Waals surface area contributed by atoms with E-state index in [1.54, 1.807) is 0 Å². The summed E-state index contributed by atoms with van der Waals surface area (Å²) >= 11 is 0. The van der Waals surface area contributed by atoms with Crippen LogP contribution in [0, 0.1) is 11.8 Å². The minimum Gasteiger partial charge on any atom is -0.340 e. The maximum atomic E-state index is 13.0. The van der Waals surface area contributed by atoms with E-state index in [2.05, 4.69) is 17.1 Å². The number of rotatable bonds is 3. The van der Waals surface area contributed by atoms with Crippen molar-refractivity contribution < 1.29 is 14.4 Å². The third kappa shape index (κ3) is 2.92. The summed E-state index contributed by atoms with van der Waals surface area (Å²) in [5.41, 5.74) is -0.681. The van der Waals surface area contributed by atoms with Gasteiger partial charge in [-0.2, -0.15) is 0 Å². The second kappa shape index (κ2) is 6.27. The first-order valence-electron chi connectivity index (χ1n) is 9.66. The monoisotopic (exact) mass is 348 g/mol. The minimum absolute atomic E-state index is 0.0545. The summed E-state index contributed by atoms with van der Waals surface area (Å²) in [6.07, 6.45) is 5.92. The van der Waals surface area contributed by atoms with E-state index in [1.165, 1.54) is 4.90 Å². The molecule has 2 aliphatic carbocycles. The summed E-state index contributed by atoms with van der Waals surface area (Å²) in [5.74, 6) is 0.673. The highest BCUT2D eigenvalue weighted by Gasteiger charge is 2.55. The lowest BCUT2D eigenvalue weighted by Crippen LogP contribution is -2.55. The fraction of sp³-hybridized carbons (Fsp3) is 0.833. The molecule has 7 nitrogen and oxygen atoms in total. The van der Waals surface area contributed by atoms with Gasteiger partial charge in [-0.1, -0.05) is 19.8 Å². The molecule has 4 amide bonds. The van der Waals surface area contributed by atoms with Crippen molar-refractivity contribution >= 4 is 17.8 Å². The van der Waals surface area contributed by atoms with Crippen molar-refractivity contribution in [2.24, 2.45) is 11.8 Å². The van der Waals surface area contributed by atoms with Crippen LogP contribution in [0.3, 0.4) is 0 Å². The Morgan fingerprint density at radius 2 is 1.84 bits per heavy atom. The Morgan fingerprint density at radius 3 is 2.48 bits per heavy atom. The molecule has 0 aromatic carbocycles. The van der Waals surface area contributed by atoms with Gasteiger partial charge in [-0.3, -0.25) is 14.5 Å². The molecule has 7 heteroatoms. The van der Waals surface area contributed by atoms with E-state index in [4.69, 9.17) is 0 Å². The number of carbonyl (C=O) groups is 3. The number of piperazine rings is 1. The molecule has 2 saturated carbocycles. The van der Waals surface area contributed by atoms with Crippen LogP contribution < -0.4 is 5.32 Å². The van der Waals surface area contributed by atoms with Crippen LogP contribution in [0.25, 0.3) is 0 Å². The lowest BCUT2D eigenvalue weighted by atomic mass is 9.73. The van der Waals surface area contributed by atoms with Crippen molar-refractivity contribution in [3.05, 3.63) is 0 Å². The molecule has 2 atom stereocenters. The van der Waals surface area contributed by atoms with Crippen molar-refractivity contribution in [3.63, 3.8) is 0 Å². The molecule has 0 aromatic heterocycles. The van der Waals surface area contributed by atoms with Crippen LogP contribution in [0.4, 0.5) is 4.79 Å². The third-order valence-corrected chi connectivity index (χ3v) is 6.45. The Labute approximate surface area is 148 Å². The molecule has 0 bridgehead atoms. The molecular formula is C18H28N4O3. The van der Waals surface area contributed by atoms with Gasteiger partial charge >= 0.3 is 6.03 Å². The van der Waals surface area contributed by atoms with Gasteiger partial charge in [0.2, 0.25) is 5.91 Å². The molecule has 1 spiro atoms. The summed E-state index contributed by atoms with van der Waals surface area (Å²) in [6, 6.07) is -0.254. The molecule has 4 rings (SSSR count). The summed E-state index contributed by atoms with van der Waals surface area (Å²) < 4.78 is 0. The number of nitrogens with one attached hydrogen (secondary N) is 1. The maximum Gasteiger partial charge on any atom is 0.326 e. The Bertz CT molecular complexity index is 583. The lowest BCUT2D eigenvalue weighted by Gasteiger charge is -2.38. The first-order valence-corrected chi connectivity index (χ1v) is 9.66. The highest BCUT2D eigenvalue weighted by molar-refractivity contribution is 6.07. The zero-order valence-corrected chi connectivity index (χ0v) is 15.0. The summed E-state index contributed by atoms with van der Waals surface area (Å²) in [6.45, 7) is 5.24. The smallest absolute Gasteiger partial charge is 0.326 e. The number of carbonyl (C=O) groups excluding carboxylic acids is 3. The fourth-order valence-corrected chi connectivity index (χ4v) is 4.52. The number of imide groups is 1. The molecule has 4 aliphatic rings. The van der Waals surface area contributed by atoms with Crippen molar-refractivity contribution in [2.75, 3.05) is 32.8 Å². The van der Waals surface area contributed by atoms with Crippen LogP contribution in [0.5, 0.6) is 0 Å². The van der Waals surface area contributed by atoms with Crippen LogP contribution in [-0.2, 0) is 9.59 Å². The van der Waals surface area contributed by atoms with Crippen molar-refractivity contribution in [2.45, 2.75) is 51.0 Å². The van der Waals surface area contributed by atoms with Crippen molar-refractivity contribution in [3.8, 4) is 0 Å². The molecule has 0 aromatic rings. The van der Waals surface area contributed by atoms with Gasteiger partial charge in [-0.15, -0.1) is 0 Å². The maximum absolute atomic E-state index is 13.0. The van der Waals surface area contributed by atoms with E-state index < -0.39 is 5.54 Å². The van der Waals surface area contributed by atoms with Gasteiger partial charge in [0.05, 0.1) is 6.67 Å².